The molecular formula is C11H14FNO3. The standard InChI is InChI=1S/C11H14FNO3/c12-8-3-1-4-9(7-8)16-6-2-5-10(13)11(14)15/h1,3-4,7,10H,2,5-6,13H2,(H,14,15). The summed E-state index contributed by atoms with van der Waals surface area (Å²) in [4.78, 5) is 10.4. The summed E-state index contributed by atoms with van der Waals surface area (Å²) in [6.45, 7) is 0.324. The number of benzene rings is 1. The Morgan fingerprint density at radius 3 is 2.94 bits per heavy atom. The lowest BCUT2D eigenvalue weighted by Gasteiger charge is -2.08. The zero-order valence-corrected chi connectivity index (χ0v) is 8.73. The van der Waals surface area contributed by atoms with Crippen molar-refractivity contribution < 1.29 is 19.0 Å². The zero-order chi connectivity index (χ0) is 12.0. The van der Waals surface area contributed by atoms with E-state index in [-0.39, 0.29) is 5.82 Å². The van der Waals surface area contributed by atoms with Gasteiger partial charge in [0.15, 0.2) is 0 Å². The molecule has 0 aliphatic rings. The summed E-state index contributed by atoms with van der Waals surface area (Å²) in [6, 6.07) is 4.93. The molecule has 1 aromatic carbocycles. The molecule has 16 heavy (non-hydrogen) atoms. The molecule has 0 radical (unpaired) electrons. The minimum atomic E-state index is -1.02. The van der Waals surface area contributed by atoms with Crippen molar-refractivity contribution >= 4 is 5.97 Å². The van der Waals surface area contributed by atoms with Crippen molar-refractivity contribution in [2.75, 3.05) is 6.61 Å². The molecule has 0 bridgehead atoms. The minimum Gasteiger partial charge on any atom is -0.493 e. The van der Waals surface area contributed by atoms with Crippen molar-refractivity contribution in [2.45, 2.75) is 18.9 Å². The van der Waals surface area contributed by atoms with Crippen LogP contribution in [0.5, 0.6) is 5.75 Å². The van der Waals surface area contributed by atoms with Crippen LogP contribution in [0.25, 0.3) is 0 Å². The number of rotatable bonds is 6. The largest absolute Gasteiger partial charge is 0.493 e. The average Bonchev–Trinajstić information content (AvgIpc) is 2.24. The van der Waals surface area contributed by atoms with E-state index >= 15 is 0 Å². The van der Waals surface area contributed by atoms with Crippen molar-refractivity contribution in [1.29, 1.82) is 0 Å². The second-order valence-corrected chi connectivity index (χ2v) is 3.39. The second kappa shape index (κ2) is 6.07. The van der Waals surface area contributed by atoms with Crippen molar-refractivity contribution in [3.05, 3.63) is 30.1 Å². The van der Waals surface area contributed by atoms with Crippen molar-refractivity contribution in [2.24, 2.45) is 5.73 Å². The van der Waals surface area contributed by atoms with Crippen molar-refractivity contribution in [3.63, 3.8) is 0 Å². The SMILES string of the molecule is NC(CCCOc1cccc(F)c1)C(=O)O. The van der Waals surface area contributed by atoms with Crippen LogP contribution in [0, 0.1) is 5.82 Å². The molecule has 0 spiro atoms. The Morgan fingerprint density at radius 2 is 2.31 bits per heavy atom. The number of carboxylic acid groups (broad SMARTS) is 1. The Kier molecular flexibility index (Phi) is 4.72. The molecule has 0 aliphatic carbocycles. The van der Waals surface area contributed by atoms with E-state index in [4.69, 9.17) is 15.6 Å². The lowest BCUT2D eigenvalue weighted by molar-refractivity contribution is -0.138. The highest BCUT2D eigenvalue weighted by Crippen LogP contribution is 2.12. The number of halogens is 1. The Labute approximate surface area is 92.8 Å². The topological polar surface area (TPSA) is 72.5 Å². The van der Waals surface area contributed by atoms with E-state index in [0.29, 0.717) is 25.2 Å². The number of hydrogen-bond acceptors (Lipinski definition) is 3. The smallest absolute Gasteiger partial charge is 0.320 e. The van der Waals surface area contributed by atoms with E-state index in [1.807, 2.05) is 0 Å². The first-order chi connectivity index (χ1) is 7.59. The van der Waals surface area contributed by atoms with Gasteiger partial charge >= 0.3 is 5.97 Å². The van der Waals surface area contributed by atoms with Gasteiger partial charge in [0.05, 0.1) is 6.61 Å². The Morgan fingerprint density at radius 1 is 1.56 bits per heavy atom. The molecule has 0 aliphatic heterocycles. The summed E-state index contributed by atoms with van der Waals surface area (Å²) in [6.07, 6.45) is 0.856. The molecule has 4 nitrogen and oxygen atoms in total. The van der Waals surface area contributed by atoms with Crippen LogP contribution in [0.1, 0.15) is 12.8 Å². The highest BCUT2D eigenvalue weighted by molar-refractivity contribution is 5.72. The molecule has 1 aromatic rings. The summed E-state index contributed by atoms with van der Waals surface area (Å²) in [5.41, 5.74) is 5.30. The summed E-state index contributed by atoms with van der Waals surface area (Å²) in [5, 5.41) is 8.52. The van der Waals surface area contributed by atoms with Gasteiger partial charge in [0.2, 0.25) is 0 Å². The molecule has 0 fully saturated rings. The predicted octanol–water partition coefficient (Wildman–Crippen LogP) is 1.40. The molecule has 1 rings (SSSR count). The highest BCUT2D eigenvalue weighted by Gasteiger charge is 2.10. The average molecular weight is 227 g/mol. The Hall–Kier alpha value is -1.62. The van der Waals surface area contributed by atoms with Crippen LogP contribution in [0.2, 0.25) is 0 Å². The fraction of sp³-hybridized carbons (Fsp3) is 0.364. The molecule has 0 aromatic heterocycles. The van der Waals surface area contributed by atoms with E-state index < -0.39 is 12.0 Å². The molecule has 5 heteroatoms. The molecule has 3 N–H and O–H groups in total. The van der Waals surface area contributed by atoms with Gasteiger partial charge in [0.1, 0.15) is 17.6 Å². The maximum Gasteiger partial charge on any atom is 0.320 e. The quantitative estimate of drug-likeness (QED) is 0.720. The first-order valence-electron chi connectivity index (χ1n) is 4.96. The van der Waals surface area contributed by atoms with Gasteiger partial charge < -0.3 is 15.6 Å². The molecule has 88 valence electrons. The first kappa shape index (κ1) is 12.4. The van der Waals surface area contributed by atoms with Gasteiger partial charge in [-0.3, -0.25) is 4.79 Å². The molecule has 0 saturated carbocycles. The van der Waals surface area contributed by atoms with Gasteiger partial charge in [0, 0.05) is 6.07 Å². The molecule has 0 heterocycles. The lowest BCUT2D eigenvalue weighted by atomic mass is 10.2. The molecular weight excluding hydrogens is 213 g/mol. The van der Waals surface area contributed by atoms with Crippen LogP contribution in [0.4, 0.5) is 4.39 Å². The maximum absolute atomic E-state index is 12.7. The van der Waals surface area contributed by atoms with E-state index in [9.17, 15) is 9.18 Å². The van der Waals surface area contributed by atoms with E-state index in [1.54, 1.807) is 12.1 Å². The maximum atomic E-state index is 12.7. The summed E-state index contributed by atoms with van der Waals surface area (Å²) >= 11 is 0. The Balaban J connectivity index is 2.23. The minimum absolute atomic E-state index is 0.324. The van der Waals surface area contributed by atoms with Crippen LogP contribution in [-0.2, 0) is 4.79 Å². The fourth-order valence-corrected chi connectivity index (χ4v) is 1.17. The Bertz CT molecular complexity index is 357. The van der Waals surface area contributed by atoms with Gasteiger partial charge in [-0.1, -0.05) is 6.07 Å². The van der Waals surface area contributed by atoms with Crippen LogP contribution >= 0.6 is 0 Å². The molecule has 1 atom stereocenters. The normalized spacial score (nSPS) is 12.1. The summed E-state index contributed by atoms with van der Waals surface area (Å²) in [7, 11) is 0. The molecule has 0 amide bonds. The number of carbonyl (C=O) groups is 1. The third-order valence-corrected chi connectivity index (χ3v) is 2.04. The van der Waals surface area contributed by atoms with Gasteiger partial charge in [-0.2, -0.15) is 0 Å². The van der Waals surface area contributed by atoms with Crippen LogP contribution < -0.4 is 10.5 Å². The molecule has 1 unspecified atom stereocenters. The summed E-state index contributed by atoms with van der Waals surface area (Å²) in [5.74, 6) is -0.950. The fourth-order valence-electron chi connectivity index (χ4n) is 1.17. The van der Waals surface area contributed by atoms with E-state index in [0.717, 1.165) is 0 Å². The van der Waals surface area contributed by atoms with E-state index in [1.165, 1.54) is 12.1 Å². The van der Waals surface area contributed by atoms with Crippen LogP contribution in [-0.4, -0.2) is 23.7 Å². The third kappa shape index (κ3) is 4.27. The van der Waals surface area contributed by atoms with Gasteiger partial charge in [-0.05, 0) is 25.0 Å². The number of nitrogens with two attached hydrogens (primary N) is 1. The number of carboxylic acids is 1. The molecule has 0 saturated heterocycles. The van der Waals surface area contributed by atoms with Crippen LogP contribution in [0.3, 0.4) is 0 Å². The van der Waals surface area contributed by atoms with Crippen molar-refractivity contribution in [3.8, 4) is 5.75 Å². The predicted molar refractivity (Wildman–Crippen MR) is 56.7 cm³/mol. The second-order valence-electron chi connectivity index (χ2n) is 3.39. The first-order valence-corrected chi connectivity index (χ1v) is 4.96. The third-order valence-electron chi connectivity index (χ3n) is 2.04. The van der Waals surface area contributed by atoms with Crippen molar-refractivity contribution in [1.82, 2.24) is 0 Å². The number of hydrogen-bond donors (Lipinski definition) is 2. The number of aliphatic carboxylic acids is 1. The zero-order valence-electron chi connectivity index (χ0n) is 8.73. The monoisotopic (exact) mass is 227 g/mol. The van der Waals surface area contributed by atoms with Crippen LogP contribution in [0.15, 0.2) is 24.3 Å². The lowest BCUT2D eigenvalue weighted by Crippen LogP contribution is -2.30. The van der Waals surface area contributed by atoms with E-state index in [2.05, 4.69) is 0 Å². The highest BCUT2D eigenvalue weighted by atomic mass is 19.1. The number of ether oxygens (including phenoxy) is 1. The van der Waals surface area contributed by atoms with Gasteiger partial charge in [-0.15, -0.1) is 0 Å². The summed E-state index contributed by atoms with van der Waals surface area (Å²) < 4.78 is 18.0. The van der Waals surface area contributed by atoms with Gasteiger partial charge in [0.25, 0.3) is 0 Å². The van der Waals surface area contributed by atoms with Gasteiger partial charge in [-0.25, -0.2) is 4.39 Å².